The molecule has 2 amide bonds. The van der Waals surface area contributed by atoms with E-state index < -0.39 is 29.6 Å². The first-order chi connectivity index (χ1) is 22.1. The zero-order valence-electron chi connectivity index (χ0n) is 26.9. The van der Waals surface area contributed by atoms with E-state index in [1.165, 1.54) is 11.3 Å². The number of aromatic nitrogens is 2. The number of nitrogens with one attached hydrogen (secondary N) is 1. The monoisotopic (exact) mass is 646 g/mol. The number of rotatable bonds is 6. The first kappa shape index (κ1) is 32.0. The minimum atomic E-state index is -1.34. The van der Waals surface area contributed by atoms with Crippen LogP contribution in [0.2, 0.25) is 0 Å². The predicted molar refractivity (Wildman–Crippen MR) is 176 cm³/mol. The molecule has 1 aliphatic carbocycles. The molecule has 2 N–H and O–H groups in total. The third-order valence-electron chi connectivity index (χ3n) is 9.50. The Bertz CT molecular complexity index is 1680. The minimum absolute atomic E-state index is 0.110. The van der Waals surface area contributed by atoms with Crippen molar-refractivity contribution in [1.29, 1.82) is 0 Å². The van der Waals surface area contributed by atoms with Crippen molar-refractivity contribution in [2.24, 2.45) is 5.92 Å². The smallest absolute Gasteiger partial charge is 0.330 e. The molecule has 3 aliphatic rings. The summed E-state index contributed by atoms with van der Waals surface area (Å²) in [6, 6.07) is 4.85. The largest absolute Gasteiger partial charge is 0.496 e. The van der Waals surface area contributed by atoms with Crippen molar-refractivity contribution in [3.8, 4) is 22.2 Å². The van der Waals surface area contributed by atoms with Crippen LogP contribution < -0.4 is 14.8 Å². The molecule has 2 fully saturated rings. The number of hydrogen-bond acceptors (Lipinski definition) is 8. The molecule has 3 aromatic rings. The van der Waals surface area contributed by atoms with Crippen molar-refractivity contribution >= 4 is 40.0 Å². The summed E-state index contributed by atoms with van der Waals surface area (Å²) in [5.74, 6) is -0.299. The summed E-state index contributed by atoms with van der Waals surface area (Å²) < 4.78 is 12.3. The molecule has 0 bridgehead atoms. The lowest BCUT2D eigenvalue weighted by atomic mass is 10.1. The molecule has 1 aromatic carbocycles. The van der Waals surface area contributed by atoms with Gasteiger partial charge in [-0.2, -0.15) is 0 Å². The normalized spacial score (nSPS) is 25.4. The van der Waals surface area contributed by atoms with E-state index in [2.05, 4.69) is 19.2 Å². The fraction of sp³-hybridized carbons (Fsp3) is 0.514. The van der Waals surface area contributed by atoms with E-state index in [1.54, 1.807) is 12.0 Å². The molecular weight excluding hydrogens is 604 g/mol. The highest BCUT2D eigenvalue weighted by Gasteiger charge is 2.61. The van der Waals surface area contributed by atoms with Crippen LogP contribution in [0.3, 0.4) is 0 Å². The lowest BCUT2D eigenvalue weighted by molar-refractivity contribution is -0.145. The van der Waals surface area contributed by atoms with Gasteiger partial charge in [0.2, 0.25) is 11.8 Å². The van der Waals surface area contributed by atoms with E-state index in [0.29, 0.717) is 30.0 Å². The van der Waals surface area contributed by atoms with Gasteiger partial charge < -0.3 is 24.8 Å². The zero-order chi connectivity index (χ0) is 32.6. The predicted octanol–water partition coefficient (Wildman–Crippen LogP) is 6.02. The van der Waals surface area contributed by atoms with Crippen LogP contribution >= 0.6 is 11.3 Å². The molecule has 46 heavy (non-hydrogen) atoms. The molecule has 1 saturated heterocycles. The Kier molecular flexibility index (Phi) is 9.05. The molecule has 2 aliphatic heterocycles. The summed E-state index contributed by atoms with van der Waals surface area (Å²) in [6.45, 7) is 6.38. The molecule has 4 atom stereocenters. The van der Waals surface area contributed by atoms with Gasteiger partial charge in [-0.05, 0) is 50.7 Å². The van der Waals surface area contributed by atoms with Crippen LogP contribution in [0.25, 0.3) is 21.6 Å². The number of aliphatic carboxylic acids is 1. The number of carboxylic acids is 1. The van der Waals surface area contributed by atoms with E-state index in [1.807, 2.05) is 42.7 Å². The Morgan fingerprint density at radius 2 is 1.96 bits per heavy atom. The molecule has 1 saturated carbocycles. The molecule has 0 radical (unpaired) electrons. The fourth-order valence-electron chi connectivity index (χ4n) is 6.63. The number of carbonyl (C=O) groups excluding carboxylic acids is 2. The topological polar surface area (TPSA) is 131 Å². The third-order valence-corrected chi connectivity index (χ3v) is 10.4. The number of hydrogen-bond donors (Lipinski definition) is 2. The van der Waals surface area contributed by atoms with Gasteiger partial charge in [-0.15, -0.1) is 11.3 Å². The van der Waals surface area contributed by atoms with E-state index in [-0.39, 0.29) is 30.7 Å². The number of allylic oxidation sites excluding steroid dienone is 1. The van der Waals surface area contributed by atoms with E-state index >= 15 is 0 Å². The number of carboxylic acid groups (broad SMARTS) is 1. The molecule has 2 aromatic heterocycles. The average molecular weight is 647 g/mol. The van der Waals surface area contributed by atoms with Crippen LogP contribution in [-0.2, 0) is 14.4 Å². The van der Waals surface area contributed by atoms with Gasteiger partial charge in [0.05, 0.1) is 24.9 Å². The zero-order valence-corrected chi connectivity index (χ0v) is 27.7. The highest BCUT2D eigenvalue weighted by Crippen LogP contribution is 2.45. The van der Waals surface area contributed by atoms with Crippen LogP contribution in [0.1, 0.15) is 82.4 Å². The van der Waals surface area contributed by atoms with Crippen LogP contribution in [-0.4, -0.2) is 69.1 Å². The quantitative estimate of drug-likeness (QED) is 0.311. The fourth-order valence-corrected chi connectivity index (χ4v) is 7.57. The Labute approximate surface area is 273 Å². The van der Waals surface area contributed by atoms with Crippen LogP contribution in [0, 0.1) is 12.8 Å². The lowest BCUT2D eigenvalue weighted by Crippen LogP contribution is -2.53. The lowest BCUT2D eigenvalue weighted by Gasteiger charge is -2.25. The van der Waals surface area contributed by atoms with Crippen molar-refractivity contribution in [2.45, 2.75) is 95.7 Å². The van der Waals surface area contributed by atoms with Crippen molar-refractivity contribution in [1.82, 2.24) is 20.2 Å². The van der Waals surface area contributed by atoms with Crippen molar-refractivity contribution in [3.05, 3.63) is 47.0 Å². The Morgan fingerprint density at radius 3 is 2.70 bits per heavy atom. The van der Waals surface area contributed by atoms with Crippen LogP contribution in [0.4, 0.5) is 0 Å². The number of carbonyl (C=O) groups is 3. The number of fused-ring (bicyclic) bond motifs is 3. The summed E-state index contributed by atoms with van der Waals surface area (Å²) in [7, 11) is 1.63. The third kappa shape index (κ3) is 6.21. The maximum absolute atomic E-state index is 13.8. The van der Waals surface area contributed by atoms with Crippen LogP contribution in [0.15, 0.2) is 35.7 Å². The highest BCUT2D eigenvalue weighted by atomic mass is 32.1. The second-order valence-corrected chi connectivity index (χ2v) is 13.9. The molecule has 0 spiro atoms. The van der Waals surface area contributed by atoms with Gasteiger partial charge in [0.15, 0.2) is 0 Å². The summed E-state index contributed by atoms with van der Waals surface area (Å²) >= 11 is 1.53. The molecule has 10 nitrogen and oxygen atoms in total. The molecular formula is C35H42N4O6S. The summed E-state index contributed by atoms with van der Waals surface area (Å²) in [5, 5.41) is 16.5. The van der Waals surface area contributed by atoms with Gasteiger partial charge in [0, 0.05) is 41.2 Å². The van der Waals surface area contributed by atoms with Crippen molar-refractivity contribution in [3.63, 3.8) is 0 Å². The number of methoxy groups -OCH3 is 1. The number of nitrogens with zero attached hydrogens (tertiary/aromatic N) is 3. The van der Waals surface area contributed by atoms with Gasteiger partial charge in [-0.1, -0.05) is 38.8 Å². The number of benzene rings is 1. The number of ether oxygens (including phenoxy) is 2. The van der Waals surface area contributed by atoms with Gasteiger partial charge in [0.1, 0.15) is 39.9 Å². The first-order valence-electron chi connectivity index (χ1n) is 16.2. The highest BCUT2D eigenvalue weighted by molar-refractivity contribution is 7.13. The van der Waals surface area contributed by atoms with E-state index in [0.717, 1.165) is 59.3 Å². The number of aryl methyl sites for hydroxylation is 1. The summed E-state index contributed by atoms with van der Waals surface area (Å²) in [5.41, 5.74) is 1.92. The van der Waals surface area contributed by atoms with Gasteiger partial charge in [-0.25, -0.2) is 14.8 Å². The molecule has 4 heterocycles. The molecule has 6 rings (SSSR count). The second-order valence-electron chi connectivity index (χ2n) is 13.0. The van der Waals surface area contributed by atoms with E-state index in [9.17, 15) is 19.5 Å². The van der Waals surface area contributed by atoms with Gasteiger partial charge >= 0.3 is 5.97 Å². The standard InChI is InChI=1S/C35H42N4O6S/c1-20(2)26-19-46-33(37-26)25-16-29(24-13-14-28(44-4)21(3)31(24)36-25)45-23-15-27-32(41)38-35(34(42)43)17-22(35)11-9-7-5-6-8-10-12-30(40)39(27)18-23/h9,11,13-14,16,19-20,22-23,27H,5-8,10,12,15,17-18H2,1-4H3,(H,38,41)(H,42,43)/t22-,23-,27+,35-/m1/s1. The second kappa shape index (κ2) is 13.0. The SMILES string of the molecule is COc1ccc2c(O[C@@H]3C[C@H]4C(=O)N[C@]5(C(=O)O)C[C@H]5C=CCCCCCCC(=O)N4C3)cc(-c3nc(C(C)C)cs3)nc2c1C. The Hall–Kier alpha value is -3.99. The molecule has 244 valence electrons. The first-order valence-corrected chi connectivity index (χ1v) is 17.1. The van der Waals surface area contributed by atoms with Crippen molar-refractivity contribution < 1.29 is 29.0 Å². The maximum Gasteiger partial charge on any atom is 0.330 e. The molecule has 0 unspecified atom stereocenters. The Balaban J connectivity index is 1.33. The maximum atomic E-state index is 13.8. The Morgan fingerprint density at radius 1 is 1.15 bits per heavy atom. The summed E-state index contributed by atoms with van der Waals surface area (Å²) in [6.07, 6.45) is 8.90. The van der Waals surface area contributed by atoms with E-state index in [4.69, 9.17) is 19.4 Å². The summed E-state index contributed by atoms with van der Waals surface area (Å²) in [4.78, 5) is 51.0. The number of thiazole rings is 1. The molecule has 11 heteroatoms. The number of pyridine rings is 1. The minimum Gasteiger partial charge on any atom is -0.496 e. The van der Waals surface area contributed by atoms with Gasteiger partial charge in [0.25, 0.3) is 0 Å². The van der Waals surface area contributed by atoms with Crippen LogP contribution in [0.5, 0.6) is 11.5 Å². The average Bonchev–Trinajstić information content (AvgIpc) is 3.33. The van der Waals surface area contributed by atoms with Crippen molar-refractivity contribution in [2.75, 3.05) is 13.7 Å². The number of amides is 2. The van der Waals surface area contributed by atoms with Gasteiger partial charge in [-0.3, -0.25) is 9.59 Å².